The number of aromatic nitrogens is 2. The number of hydrogen-bond donors (Lipinski definition) is 3. The fourth-order valence-electron chi connectivity index (χ4n) is 2.32. The Morgan fingerprint density at radius 1 is 1.70 bits per heavy atom. The lowest BCUT2D eigenvalue weighted by molar-refractivity contribution is -0.129. The van der Waals surface area contributed by atoms with Crippen LogP contribution in [-0.4, -0.2) is 39.4 Å². The van der Waals surface area contributed by atoms with Crippen molar-refractivity contribution >= 4 is 17.6 Å². The van der Waals surface area contributed by atoms with E-state index in [0.717, 1.165) is 19.3 Å². The molecule has 8 nitrogen and oxygen atoms in total. The Kier molecular flexibility index (Phi) is 3.93. The highest BCUT2D eigenvalue weighted by Gasteiger charge is 2.39. The van der Waals surface area contributed by atoms with Gasteiger partial charge in [0.2, 0.25) is 5.91 Å². The number of nitrogens with zero attached hydrogens (tertiary/aromatic N) is 3. The number of carbonyl (C=O) groups is 1. The zero-order valence-electron chi connectivity index (χ0n) is 11.6. The van der Waals surface area contributed by atoms with Crippen molar-refractivity contribution in [2.45, 2.75) is 31.3 Å². The number of carbonyl (C=O) groups excluding carboxylic acids is 1. The maximum absolute atomic E-state index is 12.1. The molecule has 1 aromatic heterocycles. The van der Waals surface area contributed by atoms with Crippen molar-refractivity contribution in [3.63, 3.8) is 0 Å². The fraction of sp³-hybridized carbons (Fsp3) is 0.583. The fourth-order valence-corrected chi connectivity index (χ4v) is 2.32. The molecule has 1 amide bonds. The van der Waals surface area contributed by atoms with E-state index in [1.54, 1.807) is 14.2 Å². The summed E-state index contributed by atoms with van der Waals surface area (Å²) in [6.45, 7) is 0. The van der Waals surface area contributed by atoms with E-state index in [-0.39, 0.29) is 23.8 Å². The number of hydrogen-bond acceptors (Lipinski definition) is 5. The molecule has 0 unspecified atom stereocenters. The van der Waals surface area contributed by atoms with Gasteiger partial charge in [-0.1, -0.05) is 5.16 Å². The Hall–Kier alpha value is -2.09. The predicted molar refractivity (Wildman–Crippen MR) is 72.6 cm³/mol. The summed E-state index contributed by atoms with van der Waals surface area (Å²) in [5.41, 5.74) is 5.58. The van der Waals surface area contributed by atoms with E-state index < -0.39 is 0 Å². The van der Waals surface area contributed by atoms with Crippen molar-refractivity contribution in [3.8, 4) is 0 Å². The monoisotopic (exact) mass is 281 g/mol. The van der Waals surface area contributed by atoms with Crippen molar-refractivity contribution in [1.82, 2.24) is 9.78 Å². The third-order valence-corrected chi connectivity index (χ3v) is 3.76. The third kappa shape index (κ3) is 2.60. The molecule has 1 aromatic rings. The molecule has 20 heavy (non-hydrogen) atoms. The smallest absolute Gasteiger partial charge is 0.228 e. The first-order valence-corrected chi connectivity index (χ1v) is 6.36. The van der Waals surface area contributed by atoms with Crippen LogP contribution in [0.25, 0.3) is 0 Å². The van der Waals surface area contributed by atoms with Crippen LogP contribution in [0.15, 0.2) is 11.4 Å². The molecule has 0 aromatic carbocycles. The SMILES string of the molecule is COC1(CC(=O)Nc2c(C(N)=NO)cnn2C)CCC1. The molecule has 1 aliphatic rings. The van der Waals surface area contributed by atoms with Gasteiger partial charge in [-0.05, 0) is 19.3 Å². The van der Waals surface area contributed by atoms with E-state index in [1.807, 2.05) is 0 Å². The van der Waals surface area contributed by atoms with Crippen molar-refractivity contribution in [3.05, 3.63) is 11.8 Å². The molecule has 1 saturated carbocycles. The number of amidine groups is 1. The van der Waals surface area contributed by atoms with Crippen LogP contribution in [0.2, 0.25) is 0 Å². The van der Waals surface area contributed by atoms with Crippen LogP contribution < -0.4 is 11.1 Å². The second kappa shape index (κ2) is 5.49. The summed E-state index contributed by atoms with van der Waals surface area (Å²) in [5.74, 6) is 0.122. The highest BCUT2D eigenvalue weighted by molar-refractivity contribution is 6.04. The lowest BCUT2D eigenvalue weighted by Crippen LogP contribution is -2.42. The average Bonchev–Trinajstić information content (AvgIpc) is 2.75. The number of oxime groups is 1. The molecule has 0 radical (unpaired) electrons. The van der Waals surface area contributed by atoms with E-state index in [2.05, 4.69) is 15.6 Å². The van der Waals surface area contributed by atoms with Gasteiger partial charge in [0.15, 0.2) is 5.84 Å². The molecule has 0 atom stereocenters. The minimum Gasteiger partial charge on any atom is -0.409 e. The summed E-state index contributed by atoms with van der Waals surface area (Å²) in [6.07, 6.45) is 4.55. The largest absolute Gasteiger partial charge is 0.409 e. The maximum atomic E-state index is 12.1. The minimum absolute atomic E-state index is 0.0986. The lowest BCUT2D eigenvalue weighted by Gasteiger charge is -2.39. The molecule has 2 rings (SSSR count). The number of methoxy groups -OCH3 is 1. The number of rotatable bonds is 5. The molecule has 0 aliphatic heterocycles. The zero-order valence-corrected chi connectivity index (χ0v) is 11.6. The molecule has 0 bridgehead atoms. The quantitative estimate of drug-likeness (QED) is 0.313. The van der Waals surface area contributed by atoms with Gasteiger partial charge in [0.1, 0.15) is 5.82 Å². The normalized spacial score (nSPS) is 17.6. The Morgan fingerprint density at radius 2 is 2.40 bits per heavy atom. The van der Waals surface area contributed by atoms with Gasteiger partial charge in [-0.15, -0.1) is 0 Å². The number of nitrogens with two attached hydrogens (primary N) is 1. The second-order valence-corrected chi connectivity index (χ2v) is 4.98. The van der Waals surface area contributed by atoms with Crippen LogP contribution in [0.3, 0.4) is 0 Å². The van der Waals surface area contributed by atoms with Gasteiger partial charge in [0, 0.05) is 14.2 Å². The molecule has 1 fully saturated rings. The van der Waals surface area contributed by atoms with Gasteiger partial charge in [-0.2, -0.15) is 5.10 Å². The van der Waals surface area contributed by atoms with Crippen LogP contribution in [-0.2, 0) is 16.6 Å². The Bertz CT molecular complexity index is 528. The molecule has 8 heteroatoms. The molecular weight excluding hydrogens is 262 g/mol. The van der Waals surface area contributed by atoms with E-state index in [9.17, 15) is 4.79 Å². The van der Waals surface area contributed by atoms with Crippen LogP contribution in [0, 0.1) is 0 Å². The molecule has 1 heterocycles. The Balaban J connectivity index is 2.10. The van der Waals surface area contributed by atoms with Gasteiger partial charge in [-0.3, -0.25) is 9.48 Å². The van der Waals surface area contributed by atoms with E-state index in [1.165, 1.54) is 10.9 Å². The molecule has 0 saturated heterocycles. The van der Waals surface area contributed by atoms with Gasteiger partial charge >= 0.3 is 0 Å². The van der Waals surface area contributed by atoms with Gasteiger partial charge < -0.3 is 21.0 Å². The summed E-state index contributed by atoms with van der Waals surface area (Å²) in [6, 6.07) is 0. The maximum Gasteiger partial charge on any atom is 0.228 e. The third-order valence-electron chi connectivity index (χ3n) is 3.76. The van der Waals surface area contributed by atoms with Crippen LogP contribution in [0.5, 0.6) is 0 Å². The first kappa shape index (κ1) is 14.3. The van der Waals surface area contributed by atoms with E-state index in [4.69, 9.17) is 15.7 Å². The van der Waals surface area contributed by atoms with E-state index in [0.29, 0.717) is 11.4 Å². The summed E-state index contributed by atoms with van der Waals surface area (Å²) in [4.78, 5) is 12.1. The standard InChI is InChI=1S/C12H19N5O3/c1-17-11(8(7-14-17)10(13)16-19)15-9(18)6-12(20-2)4-3-5-12/h7,19H,3-6H2,1-2H3,(H2,13,16)(H,15,18). The Morgan fingerprint density at radius 3 is 2.90 bits per heavy atom. The van der Waals surface area contributed by atoms with Crippen molar-refractivity contribution in [2.75, 3.05) is 12.4 Å². The molecular formula is C12H19N5O3. The molecule has 1 aliphatic carbocycles. The van der Waals surface area contributed by atoms with Gasteiger partial charge in [0.05, 0.1) is 23.8 Å². The summed E-state index contributed by atoms with van der Waals surface area (Å²) < 4.78 is 6.88. The van der Waals surface area contributed by atoms with E-state index >= 15 is 0 Å². The number of nitrogens with one attached hydrogen (secondary N) is 1. The second-order valence-electron chi connectivity index (χ2n) is 4.98. The lowest BCUT2D eigenvalue weighted by atomic mass is 9.77. The van der Waals surface area contributed by atoms with Gasteiger partial charge in [-0.25, -0.2) is 0 Å². The predicted octanol–water partition coefficient (Wildman–Crippen LogP) is 0.412. The average molecular weight is 281 g/mol. The summed E-state index contributed by atoms with van der Waals surface area (Å²) >= 11 is 0. The minimum atomic E-state index is -0.348. The first-order valence-electron chi connectivity index (χ1n) is 6.36. The number of amides is 1. The number of ether oxygens (including phenoxy) is 1. The molecule has 4 N–H and O–H groups in total. The Labute approximate surface area is 116 Å². The first-order chi connectivity index (χ1) is 9.51. The summed E-state index contributed by atoms with van der Waals surface area (Å²) in [7, 11) is 3.29. The van der Waals surface area contributed by atoms with Crippen molar-refractivity contribution in [2.24, 2.45) is 17.9 Å². The van der Waals surface area contributed by atoms with Crippen LogP contribution in [0.4, 0.5) is 5.82 Å². The topological polar surface area (TPSA) is 115 Å². The van der Waals surface area contributed by atoms with Crippen LogP contribution >= 0.6 is 0 Å². The molecule has 110 valence electrons. The number of anilines is 1. The summed E-state index contributed by atoms with van der Waals surface area (Å²) in [5, 5.41) is 18.4. The highest BCUT2D eigenvalue weighted by Crippen LogP contribution is 2.38. The van der Waals surface area contributed by atoms with Crippen molar-refractivity contribution < 1.29 is 14.7 Å². The molecule has 0 spiro atoms. The highest BCUT2D eigenvalue weighted by atomic mass is 16.5. The van der Waals surface area contributed by atoms with Crippen molar-refractivity contribution in [1.29, 1.82) is 0 Å². The zero-order chi connectivity index (χ0) is 14.8. The number of aryl methyl sites for hydroxylation is 1. The van der Waals surface area contributed by atoms with Crippen LogP contribution in [0.1, 0.15) is 31.2 Å². The van der Waals surface area contributed by atoms with Gasteiger partial charge in [0.25, 0.3) is 0 Å².